The Kier molecular flexibility index (Phi) is 5.01. The lowest BCUT2D eigenvalue weighted by molar-refractivity contribution is -0.132. The molecule has 2 heterocycles. The van der Waals surface area contributed by atoms with Crippen molar-refractivity contribution in [1.29, 1.82) is 0 Å². The predicted molar refractivity (Wildman–Crippen MR) is 98.0 cm³/mol. The van der Waals surface area contributed by atoms with Crippen molar-refractivity contribution in [3.8, 4) is 0 Å². The summed E-state index contributed by atoms with van der Waals surface area (Å²) in [5.41, 5.74) is 2.83. The lowest BCUT2D eigenvalue weighted by Crippen LogP contribution is -2.35. The van der Waals surface area contributed by atoms with Gasteiger partial charge < -0.3 is 15.5 Å². The molecule has 0 aliphatic carbocycles. The number of aryl methyl sites for hydroxylation is 2. The molecule has 2 N–H and O–H groups in total. The molecule has 0 atom stereocenters. The number of carbonyl (C=O) groups excluding carboxylic acids is 3. The van der Waals surface area contributed by atoms with Gasteiger partial charge in [0.15, 0.2) is 0 Å². The van der Waals surface area contributed by atoms with Gasteiger partial charge in [-0.25, -0.2) is 0 Å². The highest BCUT2D eigenvalue weighted by atomic mass is 16.2. The Balaban J connectivity index is 1.67. The summed E-state index contributed by atoms with van der Waals surface area (Å²) in [6.07, 6.45) is 4.21. The van der Waals surface area contributed by atoms with Gasteiger partial charge in [0.25, 0.3) is 0 Å². The minimum atomic E-state index is -0.760. The molecule has 8 nitrogen and oxygen atoms in total. The molecule has 0 spiro atoms. The van der Waals surface area contributed by atoms with Gasteiger partial charge in [0.2, 0.25) is 5.91 Å². The summed E-state index contributed by atoms with van der Waals surface area (Å²) in [5, 5.41) is 9.15. The zero-order chi connectivity index (χ0) is 18.7. The Labute approximate surface area is 151 Å². The van der Waals surface area contributed by atoms with E-state index in [0.717, 1.165) is 11.3 Å². The van der Waals surface area contributed by atoms with Crippen molar-refractivity contribution in [3.63, 3.8) is 0 Å². The largest absolute Gasteiger partial charge is 0.318 e. The molecule has 0 radical (unpaired) electrons. The number of nitrogens with one attached hydrogen (secondary N) is 2. The lowest BCUT2D eigenvalue weighted by atomic mass is 10.0. The monoisotopic (exact) mass is 355 g/mol. The van der Waals surface area contributed by atoms with E-state index in [-0.39, 0.29) is 5.91 Å². The number of amides is 3. The van der Waals surface area contributed by atoms with Gasteiger partial charge >= 0.3 is 11.8 Å². The molecule has 0 bridgehead atoms. The van der Waals surface area contributed by atoms with Crippen LogP contribution in [0.25, 0.3) is 0 Å². The van der Waals surface area contributed by atoms with Gasteiger partial charge in [0, 0.05) is 37.1 Å². The number of fused-ring (bicyclic) bond motifs is 1. The van der Waals surface area contributed by atoms with Crippen molar-refractivity contribution in [3.05, 3.63) is 36.2 Å². The van der Waals surface area contributed by atoms with E-state index in [1.807, 2.05) is 19.9 Å². The molecule has 136 valence electrons. The Hall–Kier alpha value is -3.16. The van der Waals surface area contributed by atoms with Crippen molar-refractivity contribution < 1.29 is 14.4 Å². The minimum absolute atomic E-state index is 0.101. The molecular formula is C18H21N5O3. The van der Waals surface area contributed by atoms with E-state index in [9.17, 15) is 14.4 Å². The fourth-order valence-corrected chi connectivity index (χ4v) is 2.96. The van der Waals surface area contributed by atoms with Crippen LogP contribution in [0.5, 0.6) is 0 Å². The average Bonchev–Trinajstić information content (AvgIpc) is 3.09. The topological polar surface area (TPSA) is 96.3 Å². The second-order valence-corrected chi connectivity index (χ2v) is 5.97. The van der Waals surface area contributed by atoms with Crippen LogP contribution in [-0.4, -0.2) is 34.0 Å². The highest BCUT2D eigenvalue weighted by molar-refractivity contribution is 6.43. The summed E-state index contributed by atoms with van der Waals surface area (Å²) in [7, 11) is 0. The summed E-state index contributed by atoms with van der Waals surface area (Å²) >= 11 is 0. The molecule has 3 rings (SSSR count). The van der Waals surface area contributed by atoms with Gasteiger partial charge in [-0.1, -0.05) is 0 Å². The Morgan fingerprint density at radius 2 is 1.81 bits per heavy atom. The second-order valence-electron chi connectivity index (χ2n) is 5.97. The number of aromatic nitrogens is 2. The number of hydrogen-bond donors (Lipinski definition) is 2. The maximum atomic E-state index is 12.1. The van der Waals surface area contributed by atoms with Crippen LogP contribution < -0.4 is 15.5 Å². The van der Waals surface area contributed by atoms with Crippen molar-refractivity contribution in [2.24, 2.45) is 0 Å². The number of rotatable bonds is 4. The molecule has 3 amide bonds. The quantitative estimate of drug-likeness (QED) is 0.817. The second kappa shape index (κ2) is 7.38. The van der Waals surface area contributed by atoms with E-state index < -0.39 is 11.8 Å². The molecule has 2 aromatic rings. The molecule has 26 heavy (non-hydrogen) atoms. The SMILES string of the molecule is CCN1C(=O)CCc2cc(NC(=O)C(=O)Nc3cnn(CC)c3)ccc21. The molecule has 1 aromatic heterocycles. The normalized spacial score (nSPS) is 13.3. The van der Waals surface area contributed by atoms with Crippen LogP contribution >= 0.6 is 0 Å². The number of carbonyl (C=O) groups is 3. The molecular weight excluding hydrogens is 334 g/mol. The highest BCUT2D eigenvalue weighted by Crippen LogP contribution is 2.30. The van der Waals surface area contributed by atoms with Crippen molar-refractivity contribution in [2.45, 2.75) is 33.2 Å². The Morgan fingerprint density at radius 3 is 2.46 bits per heavy atom. The molecule has 0 unspecified atom stereocenters. The smallest absolute Gasteiger partial charge is 0.314 e. The Morgan fingerprint density at radius 1 is 1.08 bits per heavy atom. The van der Waals surface area contributed by atoms with Gasteiger partial charge in [-0.05, 0) is 44.0 Å². The molecule has 0 fully saturated rings. The molecule has 1 aliphatic rings. The van der Waals surface area contributed by atoms with E-state index in [4.69, 9.17) is 0 Å². The van der Waals surface area contributed by atoms with Crippen LogP contribution in [0, 0.1) is 0 Å². The summed E-state index contributed by atoms with van der Waals surface area (Å²) in [5.74, 6) is -1.42. The standard InChI is InChI=1S/C18H21N5O3/c1-3-22-11-14(10-19-22)21-18(26)17(25)20-13-6-7-15-12(9-13)5-8-16(24)23(15)4-2/h6-7,9-11H,3-5,8H2,1-2H3,(H,20,25)(H,21,26). The van der Waals surface area contributed by atoms with Gasteiger partial charge in [-0.2, -0.15) is 5.10 Å². The third-order valence-corrected chi connectivity index (χ3v) is 4.27. The van der Waals surface area contributed by atoms with Crippen molar-refractivity contribution >= 4 is 34.8 Å². The lowest BCUT2D eigenvalue weighted by Gasteiger charge is -2.28. The van der Waals surface area contributed by atoms with Gasteiger partial charge in [0.1, 0.15) is 0 Å². The Bertz CT molecular complexity index is 858. The molecule has 0 saturated carbocycles. The molecule has 0 saturated heterocycles. The van der Waals surface area contributed by atoms with Crippen LogP contribution in [0.2, 0.25) is 0 Å². The van der Waals surface area contributed by atoms with Crippen LogP contribution in [-0.2, 0) is 27.3 Å². The fraction of sp³-hybridized carbons (Fsp3) is 0.333. The van der Waals surface area contributed by atoms with E-state index in [0.29, 0.717) is 37.3 Å². The van der Waals surface area contributed by atoms with E-state index in [1.54, 1.807) is 27.9 Å². The third-order valence-electron chi connectivity index (χ3n) is 4.27. The van der Waals surface area contributed by atoms with Crippen molar-refractivity contribution in [2.75, 3.05) is 22.1 Å². The minimum Gasteiger partial charge on any atom is -0.318 e. The van der Waals surface area contributed by atoms with E-state index >= 15 is 0 Å². The molecule has 1 aromatic carbocycles. The highest BCUT2D eigenvalue weighted by Gasteiger charge is 2.23. The van der Waals surface area contributed by atoms with Crippen LogP contribution in [0.3, 0.4) is 0 Å². The first kappa shape index (κ1) is 17.7. The fourth-order valence-electron chi connectivity index (χ4n) is 2.96. The number of hydrogen-bond acceptors (Lipinski definition) is 4. The first-order valence-electron chi connectivity index (χ1n) is 8.60. The average molecular weight is 355 g/mol. The molecule has 8 heteroatoms. The van der Waals surface area contributed by atoms with Gasteiger partial charge in [0.05, 0.1) is 11.9 Å². The molecule has 1 aliphatic heterocycles. The summed E-state index contributed by atoms with van der Waals surface area (Å²) in [4.78, 5) is 37.8. The third kappa shape index (κ3) is 3.58. The van der Waals surface area contributed by atoms with Crippen molar-refractivity contribution in [1.82, 2.24) is 9.78 Å². The van der Waals surface area contributed by atoms with Crippen LogP contribution in [0.15, 0.2) is 30.6 Å². The summed E-state index contributed by atoms with van der Waals surface area (Å²) in [6, 6.07) is 5.31. The van der Waals surface area contributed by atoms with E-state index in [1.165, 1.54) is 6.20 Å². The number of nitrogens with zero attached hydrogens (tertiary/aromatic N) is 3. The number of anilines is 3. The summed E-state index contributed by atoms with van der Waals surface area (Å²) in [6.45, 7) is 5.13. The van der Waals surface area contributed by atoms with Gasteiger partial charge in [-0.15, -0.1) is 0 Å². The van der Waals surface area contributed by atoms with E-state index in [2.05, 4.69) is 15.7 Å². The zero-order valence-electron chi connectivity index (χ0n) is 14.8. The first-order chi connectivity index (χ1) is 12.5. The van der Waals surface area contributed by atoms with Gasteiger partial charge in [-0.3, -0.25) is 19.1 Å². The van der Waals surface area contributed by atoms with Crippen LogP contribution in [0.4, 0.5) is 17.1 Å². The maximum absolute atomic E-state index is 12.1. The zero-order valence-corrected chi connectivity index (χ0v) is 14.8. The first-order valence-corrected chi connectivity index (χ1v) is 8.60. The van der Waals surface area contributed by atoms with Crippen LogP contribution in [0.1, 0.15) is 25.8 Å². The predicted octanol–water partition coefficient (Wildman–Crippen LogP) is 1.78. The maximum Gasteiger partial charge on any atom is 0.314 e. The number of benzene rings is 1. The summed E-state index contributed by atoms with van der Waals surface area (Å²) < 4.78 is 1.65.